The van der Waals surface area contributed by atoms with Crippen LogP contribution in [0.25, 0.3) is 10.9 Å². The van der Waals surface area contributed by atoms with Gasteiger partial charge in [-0.05, 0) is 36.2 Å². The molecule has 0 saturated heterocycles. The van der Waals surface area contributed by atoms with E-state index >= 15 is 0 Å². The van der Waals surface area contributed by atoms with E-state index in [1.54, 1.807) is 25.6 Å². The number of hydrogen-bond acceptors (Lipinski definition) is 6. The smallest absolute Gasteiger partial charge is 0.283 e. The number of hydrogen-bond donors (Lipinski definition) is 1. The molecule has 3 atom stereocenters. The summed E-state index contributed by atoms with van der Waals surface area (Å²) in [6.07, 6.45) is 0.472. The van der Waals surface area contributed by atoms with Gasteiger partial charge in [0, 0.05) is 29.5 Å². The van der Waals surface area contributed by atoms with Crippen molar-refractivity contribution in [2.45, 2.75) is 30.9 Å². The Hall–Kier alpha value is -3.36. The first-order valence-electron chi connectivity index (χ1n) is 9.79. The minimum absolute atomic E-state index is 0.173. The van der Waals surface area contributed by atoms with Crippen LogP contribution in [0.1, 0.15) is 23.2 Å². The van der Waals surface area contributed by atoms with Crippen LogP contribution in [0.2, 0.25) is 0 Å². The molecule has 0 unspecified atom stereocenters. The Morgan fingerprint density at radius 1 is 1.26 bits per heavy atom. The number of ether oxygens (including phenoxy) is 2. The van der Waals surface area contributed by atoms with Gasteiger partial charge in [-0.25, -0.2) is 18.2 Å². The van der Waals surface area contributed by atoms with Crippen molar-refractivity contribution in [3.05, 3.63) is 65.4 Å². The first kappa shape index (κ1) is 19.6. The molecule has 1 aromatic carbocycles. The Morgan fingerprint density at radius 3 is 2.87 bits per heavy atom. The number of benzene rings is 1. The normalized spacial score (nSPS) is 24.5. The van der Waals surface area contributed by atoms with Crippen molar-refractivity contribution in [1.29, 1.82) is 0 Å². The fourth-order valence-corrected chi connectivity index (χ4v) is 4.32. The molecule has 9 heteroatoms. The molecule has 1 aliphatic carbocycles. The van der Waals surface area contributed by atoms with Gasteiger partial charge in [-0.1, -0.05) is 6.07 Å². The maximum absolute atomic E-state index is 14.8. The topological polar surface area (TPSA) is 82.6 Å². The summed E-state index contributed by atoms with van der Waals surface area (Å²) in [6.45, 7) is 0. The van der Waals surface area contributed by atoms with Gasteiger partial charge < -0.3 is 15.2 Å². The number of rotatable bonds is 5. The van der Waals surface area contributed by atoms with E-state index < -0.39 is 29.8 Å². The van der Waals surface area contributed by atoms with Crippen LogP contribution in [0.15, 0.2) is 47.7 Å². The molecule has 0 radical (unpaired) electrons. The molecule has 31 heavy (non-hydrogen) atoms. The summed E-state index contributed by atoms with van der Waals surface area (Å²) >= 11 is 0. The molecule has 3 heterocycles. The maximum atomic E-state index is 14.8. The summed E-state index contributed by atoms with van der Waals surface area (Å²) < 4.78 is 53.9. The summed E-state index contributed by atoms with van der Waals surface area (Å²) in [7, 11) is 1.56. The van der Waals surface area contributed by atoms with E-state index in [0.717, 1.165) is 5.39 Å². The zero-order valence-corrected chi connectivity index (χ0v) is 16.6. The molecule has 2 aromatic heterocycles. The molecular formula is C22H19F3N4O2. The number of nitrogens with two attached hydrogens (primary N) is 1. The van der Waals surface area contributed by atoms with E-state index in [9.17, 15) is 13.2 Å². The second-order valence-corrected chi connectivity index (χ2v) is 7.77. The van der Waals surface area contributed by atoms with Gasteiger partial charge in [-0.2, -0.15) is 0 Å². The Bertz CT molecular complexity index is 1200. The highest BCUT2D eigenvalue weighted by atomic mass is 19.3. The zero-order valence-electron chi connectivity index (χ0n) is 16.6. The zero-order chi connectivity index (χ0) is 21.8. The monoisotopic (exact) mass is 428 g/mol. The SMILES string of the molecule is COc1cnc2c(Cc3ccc(F)c([C@@]4(C(F)F)N=C(N)O[C@@H]5C[C@@H]54)c3)nccc2c1. The average Bonchev–Trinajstić information content (AvgIpc) is 3.53. The van der Waals surface area contributed by atoms with E-state index in [4.69, 9.17) is 15.2 Å². The second-order valence-electron chi connectivity index (χ2n) is 7.77. The van der Waals surface area contributed by atoms with Gasteiger partial charge in [-0.15, -0.1) is 0 Å². The summed E-state index contributed by atoms with van der Waals surface area (Å²) in [5, 5.41) is 0.832. The molecule has 0 spiro atoms. The molecule has 0 amide bonds. The van der Waals surface area contributed by atoms with Gasteiger partial charge in [0.2, 0.25) is 0 Å². The first-order valence-corrected chi connectivity index (χ1v) is 9.79. The summed E-state index contributed by atoms with van der Waals surface area (Å²) in [5.74, 6) is -0.752. The lowest BCUT2D eigenvalue weighted by atomic mass is 9.83. The van der Waals surface area contributed by atoms with E-state index in [0.29, 0.717) is 28.9 Å². The van der Waals surface area contributed by atoms with Crippen LogP contribution >= 0.6 is 0 Å². The van der Waals surface area contributed by atoms with Crippen molar-refractivity contribution in [2.75, 3.05) is 7.11 Å². The van der Waals surface area contributed by atoms with Gasteiger partial charge in [0.25, 0.3) is 12.4 Å². The fourth-order valence-electron chi connectivity index (χ4n) is 4.32. The van der Waals surface area contributed by atoms with E-state index in [-0.39, 0.29) is 18.0 Å². The standard InChI is InChI=1S/C22H19F3N4O2/c1-30-13-8-12-4-5-27-17(19(12)28-10-13)7-11-2-3-16(23)14(6-11)22(20(24)25)15-9-18(15)31-21(26)29-22/h2-6,8,10,15,18,20H,7,9H2,1H3,(H2,26,29)/t15-,18+,22+/m0/s1. The van der Waals surface area contributed by atoms with Crippen LogP contribution in [0.5, 0.6) is 5.75 Å². The first-order chi connectivity index (χ1) is 14.9. The highest BCUT2D eigenvalue weighted by molar-refractivity contribution is 5.81. The highest BCUT2D eigenvalue weighted by Crippen LogP contribution is 2.56. The van der Waals surface area contributed by atoms with E-state index in [2.05, 4.69) is 15.0 Å². The van der Waals surface area contributed by atoms with Crippen molar-refractivity contribution in [2.24, 2.45) is 16.6 Å². The van der Waals surface area contributed by atoms with Crippen LogP contribution in [0.4, 0.5) is 13.2 Å². The Balaban J connectivity index is 1.57. The van der Waals surface area contributed by atoms with Gasteiger partial charge >= 0.3 is 0 Å². The molecule has 1 aliphatic heterocycles. The average molecular weight is 428 g/mol. The third-order valence-corrected chi connectivity index (χ3v) is 5.92. The fraction of sp³-hybridized carbons (Fsp3) is 0.318. The number of alkyl halides is 2. The third-order valence-electron chi connectivity index (χ3n) is 5.92. The van der Waals surface area contributed by atoms with Crippen molar-refractivity contribution >= 4 is 16.9 Å². The predicted molar refractivity (Wildman–Crippen MR) is 108 cm³/mol. The summed E-state index contributed by atoms with van der Waals surface area (Å²) in [5.41, 5.74) is 5.34. The molecule has 1 fully saturated rings. The van der Waals surface area contributed by atoms with Gasteiger partial charge in [0.05, 0.1) is 24.5 Å². The predicted octanol–water partition coefficient (Wildman–Crippen LogP) is 3.56. The van der Waals surface area contributed by atoms with E-state index in [1.165, 1.54) is 12.1 Å². The molecule has 3 aromatic rings. The number of pyridine rings is 2. The van der Waals surface area contributed by atoms with Crippen LogP contribution in [0.3, 0.4) is 0 Å². The molecule has 160 valence electrons. The van der Waals surface area contributed by atoms with Crippen LogP contribution in [0, 0.1) is 11.7 Å². The number of amidine groups is 1. The summed E-state index contributed by atoms with van der Waals surface area (Å²) in [4.78, 5) is 12.7. The number of aliphatic imine (C=N–C) groups is 1. The van der Waals surface area contributed by atoms with Crippen molar-refractivity contribution < 1.29 is 22.6 Å². The van der Waals surface area contributed by atoms with Crippen LogP contribution in [-0.4, -0.2) is 35.6 Å². The van der Waals surface area contributed by atoms with Crippen LogP contribution < -0.4 is 10.5 Å². The largest absolute Gasteiger partial charge is 0.495 e. The number of methoxy groups -OCH3 is 1. The third kappa shape index (κ3) is 3.15. The lowest BCUT2D eigenvalue weighted by Crippen LogP contribution is -2.43. The Morgan fingerprint density at radius 2 is 2.10 bits per heavy atom. The van der Waals surface area contributed by atoms with Gasteiger partial charge in [0.15, 0.2) is 5.54 Å². The number of nitrogens with zero attached hydrogens (tertiary/aromatic N) is 3. The molecule has 1 saturated carbocycles. The van der Waals surface area contributed by atoms with Crippen molar-refractivity contribution in [1.82, 2.24) is 9.97 Å². The minimum Gasteiger partial charge on any atom is -0.495 e. The van der Waals surface area contributed by atoms with E-state index in [1.807, 2.05) is 12.1 Å². The molecule has 2 aliphatic rings. The van der Waals surface area contributed by atoms with Gasteiger partial charge in [0.1, 0.15) is 17.7 Å². The number of halogens is 3. The molecule has 6 nitrogen and oxygen atoms in total. The maximum Gasteiger partial charge on any atom is 0.283 e. The number of fused-ring (bicyclic) bond motifs is 2. The number of aromatic nitrogens is 2. The van der Waals surface area contributed by atoms with Gasteiger partial charge in [-0.3, -0.25) is 9.97 Å². The lowest BCUT2D eigenvalue weighted by molar-refractivity contribution is 0.0176. The second kappa shape index (κ2) is 7.11. The highest BCUT2D eigenvalue weighted by Gasteiger charge is 2.64. The van der Waals surface area contributed by atoms with Crippen molar-refractivity contribution in [3.8, 4) is 5.75 Å². The molecule has 2 N–H and O–H groups in total. The minimum atomic E-state index is -2.93. The lowest BCUT2D eigenvalue weighted by Gasteiger charge is -2.33. The molecule has 0 bridgehead atoms. The quantitative estimate of drug-likeness (QED) is 0.672. The molecule has 5 rings (SSSR count). The van der Waals surface area contributed by atoms with Crippen LogP contribution in [-0.2, 0) is 16.7 Å². The Kier molecular flexibility index (Phi) is 4.49. The Labute approximate surface area is 175 Å². The summed E-state index contributed by atoms with van der Waals surface area (Å²) in [6, 6.07) is 7.49. The molecular weight excluding hydrogens is 409 g/mol. The van der Waals surface area contributed by atoms with Crippen molar-refractivity contribution in [3.63, 3.8) is 0 Å².